The lowest BCUT2D eigenvalue weighted by Crippen LogP contribution is -2.45. The molecule has 1 heterocycles. The zero-order valence-electron chi connectivity index (χ0n) is 10.1. The van der Waals surface area contributed by atoms with Crippen LogP contribution in [0.5, 0.6) is 0 Å². The van der Waals surface area contributed by atoms with Gasteiger partial charge in [-0.25, -0.2) is 0 Å². The molecule has 0 aromatic heterocycles. The predicted octanol–water partition coefficient (Wildman–Crippen LogP) is 0.152. The van der Waals surface area contributed by atoms with E-state index in [1.165, 1.54) is 12.8 Å². The highest BCUT2D eigenvalue weighted by Crippen LogP contribution is 2.24. The minimum Gasteiger partial charge on any atom is -0.370 e. The summed E-state index contributed by atoms with van der Waals surface area (Å²) in [5.41, 5.74) is 0. The molecule has 5 heteroatoms. The van der Waals surface area contributed by atoms with Gasteiger partial charge in [-0.2, -0.15) is 0 Å². The molecular weight excluding hydrogens is 220 g/mol. The molecule has 0 aromatic rings. The molecule has 0 unspecified atom stereocenters. The van der Waals surface area contributed by atoms with Crippen molar-refractivity contribution in [2.45, 2.75) is 25.7 Å². The molecule has 5 nitrogen and oxygen atoms in total. The van der Waals surface area contributed by atoms with E-state index in [1.807, 2.05) is 0 Å². The van der Waals surface area contributed by atoms with Crippen molar-refractivity contribution in [2.24, 2.45) is 5.92 Å². The van der Waals surface area contributed by atoms with E-state index in [1.54, 1.807) is 4.90 Å². The second-order valence-corrected chi connectivity index (χ2v) is 4.71. The van der Waals surface area contributed by atoms with Gasteiger partial charge < -0.3 is 15.0 Å². The predicted molar refractivity (Wildman–Crippen MR) is 62.4 cm³/mol. The number of carbonyl (C=O) groups excluding carboxylic acids is 2. The fraction of sp³-hybridized carbons (Fsp3) is 0.833. The number of carbonyl (C=O) groups is 2. The van der Waals surface area contributed by atoms with Gasteiger partial charge in [0.2, 0.25) is 11.8 Å². The van der Waals surface area contributed by atoms with E-state index >= 15 is 0 Å². The van der Waals surface area contributed by atoms with Crippen LogP contribution in [0.2, 0.25) is 0 Å². The van der Waals surface area contributed by atoms with E-state index in [0.29, 0.717) is 26.2 Å². The number of rotatable bonds is 4. The Labute approximate surface area is 101 Å². The molecule has 1 N–H and O–H groups in total. The van der Waals surface area contributed by atoms with Crippen LogP contribution < -0.4 is 5.32 Å². The van der Waals surface area contributed by atoms with Gasteiger partial charge in [0.25, 0.3) is 0 Å². The summed E-state index contributed by atoms with van der Waals surface area (Å²) < 4.78 is 5.04. The van der Waals surface area contributed by atoms with Gasteiger partial charge in [-0.1, -0.05) is 12.8 Å². The molecule has 2 aliphatic rings. The molecule has 0 spiro atoms. The molecule has 1 aliphatic heterocycles. The normalized spacial score (nSPS) is 21.9. The maximum atomic E-state index is 11.7. The summed E-state index contributed by atoms with van der Waals surface area (Å²) >= 11 is 0. The van der Waals surface area contributed by atoms with Gasteiger partial charge in [0.05, 0.1) is 6.61 Å². The van der Waals surface area contributed by atoms with Crippen LogP contribution in [0.1, 0.15) is 25.7 Å². The van der Waals surface area contributed by atoms with Crippen LogP contribution in [-0.4, -0.2) is 49.6 Å². The third kappa shape index (κ3) is 3.43. The smallest absolute Gasteiger partial charge is 0.248 e. The molecule has 0 radical (unpaired) electrons. The lowest BCUT2D eigenvalue weighted by molar-refractivity contribution is -0.142. The first-order chi connectivity index (χ1) is 8.27. The van der Waals surface area contributed by atoms with Gasteiger partial charge in [-0.05, 0) is 12.8 Å². The number of nitrogens with zero attached hydrogens (tertiary/aromatic N) is 1. The second kappa shape index (κ2) is 6.00. The number of hydrogen-bond acceptors (Lipinski definition) is 3. The average molecular weight is 240 g/mol. The maximum Gasteiger partial charge on any atom is 0.248 e. The first-order valence-corrected chi connectivity index (χ1v) is 6.40. The van der Waals surface area contributed by atoms with Crippen molar-refractivity contribution in [3.8, 4) is 0 Å². The highest BCUT2D eigenvalue weighted by atomic mass is 16.5. The van der Waals surface area contributed by atoms with Crippen molar-refractivity contribution in [3.05, 3.63) is 0 Å². The van der Waals surface area contributed by atoms with Crippen LogP contribution in [-0.2, 0) is 14.3 Å². The SMILES string of the molecule is O=C(NCCN1CCOCC1=O)C1CCCC1. The van der Waals surface area contributed by atoms with Gasteiger partial charge in [0.15, 0.2) is 0 Å². The van der Waals surface area contributed by atoms with Crippen molar-refractivity contribution in [1.82, 2.24) is 10.2 Å². The Hall–Kier alpha value is -1.10. The third-order valence-corrected chi connectivity index (χ3v) is 3.49. The van der Waals surface area contributed by atoms with E-state index in [4.69, 9.17) is 4.74 Å². The van der Waals surface area contributed by atoms with E-state index in [9.17, 15) is 9.59 Å². The van der Waals surface area contributed by atoms with E-state index in [2.05, 4.69) is 5.32 Å². The summed E-state index contributed by atoms with van der Waals surface area (Å²) in [4.78, 5) is 24.9. The molecule has 96 valence electrons. The average Bonchev–Trinajstić information content (AvgIpc) is 2.85. The molecule has 1 saturated heterocycles. The van der Waals surface area contributed by atoms with Crippen LogP contribution in [0.4, 0.5) is 0 Å². The standard InChI is InChI=1S/C12H20N2O3/c15-11-9-17-8-7-14(11)6-5-13-12(16)10-3-1-2-4-10/h10H,1-9H2,(H,13,16). The summed E-state index contributed by atoms with van der Waals surface area (Å²) in [5, 5.41) is 2.92. The maximum absolute atomic E-state index is 11.7. The molecule has 2 rings (SSSR count). The lowest BCUT2D eigenvalue weighted by atomic mass is 10.1. The Morgan fingerprint density at radius 3 is 2.88 bits per heavy atom. The molecule has 1 aliphatic carbocycles. The topological polar surface area (TPSA) is 58.6 Å². The van der Waals surface area contributed by atoms with Gasteiger partial charge >= 0.3 is 0 Å². The quantitative estimate of drug-likeness (QED) is 0.761. The first-order valence-electron chi connectivity index (χ1n) is 6.40. The van der Waals surface area contributed by atoms with Crippen LogP contribution in [0.15, 0.2) is 0 Å². The zero-order chi connectivity index (χ0) is 12.1. The highest BCUT2D eigenvalue weighted by molar-refractivity contribution is 5.79. The number of morpholine rings is 1. The van der Waals surface area contributed by atoms with Gasteiger partial charge in [0, 0.05) is 25.6 Å². The fourth-order valence-electron chi connectivity index (χ4n) is 2.43. The summed E-state index contributed by atoms with van der Waals surface area (Å²) in [6.07, 6.45) is 4.37. The van der Waals surface area contributed by atoms with Crippen LogP contribution in [0.25, 0.3) is 0 Å². The summed E-state index contributed by atoms with van der Waals surface area (Å²) in [5.74, 6) is 0.380. The number of hydrogen-bond donors (Lipinski definition) is 1. The van der Waals surface area contributed by atoms with E-state index in [0.717, 1.165) is 12.8 Å². The van der Waals surface area contributed by atoms with Gasteiger partial charge in [-0.15, -0.1) is 0 Å². The fourth-order valence-corrected chi connectivity index (χ4v) is 2.43. The Kier molecular flexibility index (Phi) is 4.36. The first kappa shape index (κ1) is 12.4. The molecule has 2 fully saturated rings. The monoisotopic (exact) mass is 240 g/mol. The minimum absolute atomic E-state index is 0.0198. The number of amides is 2. The van der Waals surface area contributed by atoms with Crippen molar-refractivity contribution < 1.29 is 14.3 Å². The van der Waals surface area contributed by atoms with Crippen LogP contribution in [0, 0.1) is 5.92 Å². The summed E-state index contributed by atoms with van der Waals surface area (Å²) in [6, 6.07) is 0. The molecule has 0 bridgehead atoms. The summed E-state index contributed by atoms with van der Waals surface area (Å²) in [6.45, 7) is 2.57. The zero-order valence-corrected chi connectivity index (χ0v) is 10.1. The molecule has 17 heavy (non-hydrogen) atoms. The van der Waals surface area contributed by atoms with Crippen LogP contribution in [0.3, 0.4) is 0 Å². The minimum atomic E-state index is 0.0198. The molecule has 1 saturated carbocycles. The number of nitrogens with one attached hydrogen (secondary N) is 1. The molecule has 0 atom stereocenters. The van der Waals surface area contributed by atoms with Crippen molar-refractivity contribution >= 4 is 11.8 Å². The highest BCUT2D eigenvalue weighted by Gasteiger charge is 2.23. The van der Waals surface area contributed by atoms with E-state index in [-0.39, 0.29) is 24.3 Å². The third-order valence-electron chi connectivity index (χ3n) is 3.49. The van der Waals surface area contributed by atoms with Gasteiger partial charge in [0.1, 0.15) is 6.61 Å². The second-order valence-electron chi connectivity index (χ2n) is 4.71. The molecular formula is C12H20N2O3. The molecule has 2 amide bonds. The van der Waals surface area contributed by atoms with Crippen molar-refractivity contribution in [2.75, 3.05) is 32.8 Å². The molecule has 0 aromatic carbocycles. The lowest BCUT2D eigenvalue weighted by Gasteiger charge is -2.26. The summed E-state index contributed by atoms with van der Waals surface area (Å²) in [7, 11) is 0. The van der Waals surface area contributed by atoms with Crippen LogP contribution >= 0.6 is 0 Å². The van der Waals surface area contributed by atoms with Crippen molar-refractivity contribution in [1.29, 1.82) is 0 Å². The van der Waals surface area contributed by atoms with Gasteiger partial charge in [-0.3, -0.25) is 9.59 Å². The van der Waals surface area contributed by atoms with E-state index < -0.39 is 0 Å². The Morgan fingerprint density at radius 2 is 2.18 bits per heavy atom. The Bertz CT molecular complexity index is 287. The van der Waals surface area contributed by atoms with Crippen molar-refractivity contribution in [3.63, 3.8) is 0 Å². The Morgan fingerprint density at radius 1 is 1.41 bits per heavy atom. The largest absolute Gasteiger partial charge is 0.370 e. The Balaban J connectivity index is 1.64. The number of ether oxygens (including phenoxy) is 1.